The lowest BCUT2D eigenvalue weighted by atomic mass is 10.0. The van der Waals surface area contributed by atoms with E-state index in [-0.39, 0.29) is 13.0 Å². The SMILES string of the molecule is FC1(F)CCN(Cc2cncc(-c3ccc4[nH]nc(-c5nc6c(-c7cccnc7)nccc6[nH]5)c4c3)c2)C1. The number of H-pyrrole nitrogens is 2. The van der Waals surface area contributed by atoms with Crippen molar-refractivity contribution in [1.29, 1.82) is 0 Å². The van der Waals surface area contributed by atoms with Gasteiger partial charge in [0.2, 0.25) is 0 Å². The lowest BCUT2D eigenvalue weighted by Crippen LogP contribution is -2.24. The Balaban J connectivity index is 1.24. The number of rotatable bonds is 5. The summed E-state index contributed by atoms with van der Waals surface area (Å²) >= 11 is 0. The molecule has 10 heteroatoms. The largest absolute Gasteiger partial charge is 0.336 e. The first-order chi connectivity index (χ1) is 18.5. The molecule has 7 rings (SSSR count). The zero-order valence-electron chi connectivity index (χ0n) is 20.2. The molecule has 2 N–H and O–H groups in total. The minimum absolute atomic E-state index is 0.0956. The summed E-state index contributed by atoms with van der Waals surface area (Å²) in [5, 5.41) is 8.55. The molecule has 1 aliphatic heterocycles. The normalized spacial score (nSPS) is 15.5. The number of aromatic amines is 2. The van der Waals surface area contributed by atoms with Crippen LogP contribution in [0.1, 0.15) is 12.0 Å². The third-order valence-electron chi connectivity index (χ3n) is 6.91. The van der Waals surface area contributed by atoms with Gasteiger partial charge in [0.25, 0.3) is 5.92 Å². The van der Waals surface area contributed by atoms with Crippen LogP contribution < -0.4 is 0 Å². The van der Waals surface area contributed by atoms with Gasteiger partial charge in [-0.15, -0.1) is 0 Å². The quantitative estimate of drug-likeness (QED) is 0.321. The number of pyridine rings is 3. The summed E-state index contributed by atoms with van der Waals surface area (Å²) in [6, 6.07) is 13.7. The molecule has 1 aromatic carbocycles. The van der Waals surface area contributed by atoms with E-state index in [1.165, 1.54) is 0 Å². The van der Waals surface area contributed by atoms with Crippen molar-refractivity contribution in [3.63, 3.8) is 0 Å². The van der Waals surface area contributed by atoms with E-state index in [1.54, 1.807) is 35.9 Å². The topological polar surface area (TPSA) is 99.3 Å². The highest BCUT2D eigenvalue weighted by atomic mass is 19.3. The van der Waals surface area contributed by atoms with E-state index < -0.39 is 5.92 Å². The third-order valence-corrected chi connectivity index (χ3v) is 6.91. The van der Waals surface area contributed by atoms with E-state index in [2.05, 4.69) is 30.1 Å². The van der Waals surface area contributed by atoms with Crippen molar-refractivity contribution >= 4 is 21.9 Å². The lowest BCUT2D eigenvalue weighted by Gasteiger charge is -2.15. The van der Waals surface area contributed by atoms with Crippen molar-refractivity contribution in [2.45, 2.75) is 18.9 Å². The van der Waals surface area contributed by atoms with Crippen LogP contribution in [0.25, 0.3) is 55.8 Å². The minimum Gasteiger partial charge on any atom is -0.336 e. The van der Waals surface area contributed by atoms with Gasteiger partial charge in [0.05, 0.1) is 23.3 Å². The van der Waals surface area contributed by atoms with E-state index >= 15 is 0 Å². The molecule has 0 spiro atoms. The predicted octanol–water partition coefficient (Wildman–Crippen LogP) is 5.47. The van der Waals surface area contributed by atoms with Crippen molar-refractivity contribution in [1.82, 2.24) is 40.0 Å². The van der Waals surface area contributed by atoms with Gasteiger partial charge in [-0.3, -0.25) is 25.0 Å². The Labute approximate surface area is 215 Å². The van der Waals surface area contributed by atoms with Crippen LogP contribution in [0.15, 0.2) is 73.4 Å². The number of nitrogens with zero attached hydrogens (tertiary/aromatic N) is 6. The molecular weight excluding hydrogens is 486 g/mol. The number of hydrogen-bond acceptors (Lipinski definition) is 6. The Morgan fingerprint density at radius 3 is 2.66 bits per heavy atom. The number of halogens is 2. The molecule has 5 aromatic heterocycles. The van der Waals surface area contributed by atoms with E-state index in [4.69, 9.17) is 4.98 Å². The second kappa shape index (κ2) is 8.77. The molecule has 38 heavy (non-hydrogen) atoms. The number of imidazole rings is 1. The summed E-state index contributed by atoms with van der Waals surface area (Å²) in [7, 11) is 0. The van der Waals surface area contributed by atoms with E-state index in [1.807, 2.05) is 42.5 Å². The van der Waals surface area contributed by atoms with Crippen molar-refractivity contribution in [2.24, 2.45) is 0 Å². The monoisotopic (exact) mass is 508 g/mol. The van der Waals surface area contributed by atoms with Crippen molar-refractivity contribution in [2.75, 3.05) is 13.1 Å². The fourth-order valence-corrected chi connectivity index (χ4v) is 5.07. The van der Waals surface area contributed by atoms with Gasteiger partial charge in [0.1, 0.15) is 11.2 Å². The molecule has 0 aliphatic carbocycles. The second-order valence-corrected chi connectivity index (χ2v) is 9.61. The molecule has 0 amide bonds. The Morgan fingerprint density at radius 2 is 1.82 bits per heavy atom. The highest BCUT2D eigenvalue weighted by Crippen LogP contribution is 2.33. The van der Waals surface area contributed by atoms with Gasteiger partial charge >= 0.3 is 0 Å². The maximum Gasteiger partial charge on any atom is 0.261 e. The van der Waals surface area contributed by atoms with Crippen molar-refractivity contribution < 1.29 is 8.78 Å². The summed E-state index contributed by atoms with van der Waals surface area (Å²) in [6.45, 7) is 0.621. The highest BCUT2D eigenvalue weighted by molar-refractivity contribution is 5.97. The Bertz CT molecular complexity index is 1780. The van der Waals surface area contributed by atoms with Gasteiger partial charge in [-0.2, -0.15) is 5.10 Å². The molecule has 1 fully saturated rings. The van der Waals surface area contributed by atoms with Gasteiger partial charge in [0.15, 0.2) is 5.82 Å². The van der Waals surface area contributed by atoms with Gasteiger partial charge in [-0.05, 0) is 47.5 Å². The average Bonchev–Trinajstić information content (AvgIpc) is 3.64. The minimum atomic E-state index is -2.61. The van der Waals surface area contributed by atoms with Crippen LogP contribution >= 0.6 is 0 Å². The number of alkyl halides is 2. The zero-order chi connectivity index (χ0) is 25.7. The summed E-state index contributed by atoms with van der Waals surface area (Å²) in [5.74, 6) is -1.98. The number of likely N-dealkylation sites (tertiary alicyclic amines) is 1. The summed E-state index contributed by atoms with van der Waals surface area (Å²) in [6.07, 6.45) is 8.67. The number of benzene rings is 1. The predicted molar refractivity (Wildman–Crippen MR) is 140 cm³/mol. The Morgan fingerprint density at radius 1 is 0.895 bits per heavy atom. The average molecular weight is 509 g/mol. The van der Waals surface area contributed by atoms with Gasteiger partial charge in [-0.25, -0.2) is 13.8 Å². The zero-order valence-corrected chi connectivity index (χ0v) is 20.2. The maximum atomic E-state index is 13.6. The lowest BCUT2D eigenvalue weighted by molar-refractivity contribution is 0.0115. The number of hydrogen-bond donors (Lipinski definition) is 2. The first-order valence-electron chi connectivity index (χ1n) is 12.3. The van der Waals surface area contributed by atoms with Crippen LogP contribution in [0, 0.1) is 0 Å². The van der Waals surface area contributed by atoms with E-state index in [9.17, 15) is 8.78 Å². The van der Waals surface area contributed by atoms with Crippen molar-refractivity contribution in [3.8, 4) is 33.9 Å². The van der Waals surface area contributed by atoms with Gasteiger partial charge < -0.3 is 4.98 Å². The van der Waals surface area contributed by atoms with Crippen LogP contribution in [0.4, 0.5) is 8.78 Å². The molecular formula is C28H22F2N8. The van der Waals surface area contributed by atoms with Crippen molar-refractivity contribution in [3.05, 3.63) is 79.0 Å². The molecule has 0 radical (unpaired) electrons. The van der Waals surface area contributed by atoms with Crippen LogP contribution in [-0.4, -0.2) is 59.0 Å². The molecule has 6 heterocycles. The first kappa shape index (κ1) is 22.6. The van der Waals surface area contributed by atoms with E-state index in [0.717, 1.165) is 49.9 Å². The van der Waals surface area contributed by atoms with Crippen LogP contribution in [0.2, 0.25) is 0 Å². The molecule has 1 aliphatic rings. The molecule has 6 aromatic rings. The van der Waals surface area contributed by atoms with E-state index in [0.29, 0.717) is 24.6 Å². The number of nitrogens with one attached hydrogen (secondary N) is 2. The molecule has 0 atom stereocenters. The van der Waals surface area contributed by atoms with Crippen LogP contribution in [0.5, 0.6) is 0 Å². The molecule has 1 saturated heterocycles. The number of fused-ring (bicyclic) bond motifs is 2. The maximum absolute atomic E-state index is 13.6. The number of aromatic nitrogens is 7. The molecule has 8 nitrogen and oxygen atoms in total. The molecule has 0 unspecified atom stereocenters. The van der Waals surface area contributed by atoms with Crippen LogP contribution in [-0.2, 0) is 6.54 Å². The summed E-state index contributed by atoms with van der Waals surface area (Å²) < 4.78 is 27.3. The Hall–Kier alpha value is -4.57. The standard InChI is InChI=1S/C28H22F2N8/c29-28(30)6-9-38(16-28)15-17-10-20(14-32-12-17)18-3-4-22-21(11-18)25(37-36-22)27-34-23-5-8-33-24(26(23)35-27)19-2-1-7-31-13-19/h1-5,7-8,10-14H,6,9,15-16H2,(H,34,35)(H,36,37). The summed E-state index contributed by atoms with van der Waals surface area (Å²) in [4.78, 5) is 23.1. The van der Waals surface area contributed by atoms with Crippen LogP contribution in [0.3, 0.4) is 0 Å². The fourth-order valence-electron chi connectivity index (χ4n) is 5.07. The van der Waals surface area contributed by atoms with Gasteiger partial charge in [-0.1, -0.05) is 6.07 Å². The molecule has 0 saturated carbocycles. The Kier molecular flexibility index (Phi) is 5.22. The summed E-state index contributed by atoms with van der Waals surface area (Å²) in [5.41, 5.74) is 7.56. The van der Waals surface area contributed by atoms with Gasteiger partial charge in [0, 0.05) is 67.0 Å². The second-order valence-electron chi connectivity index (χ2n) is 9.61. The smallest absolute Gasteiger partial charge is 0.261 e. The molecule has 0 bridgehead atoms. The molecule has 188 valence electrons. The first-order valence-corrected chi connectivity index (χ1v) is 12.3. The fraction of sp³-hybridized carbons (Fsp3) is 0.179. The third kappa shape index (κ3) is 4.08. The highest BCUT2D eigenvalue weighted by Gasteiger charge is 2.37.